The van der Waals surface area contributed by atoms with Crippen LogP contribution in [0.3, 0.4) is 0 Å². The van der Waals surface area contributed by atoms with Gasteiger partial charge in [-0.3, -0.25) is 4.79 Å². The Labute approximate surface area is 134 Å². The number of rotatable bonds is 4. The quantitative estimate of drug-likeness (QED) is 0.943. The van der Waals surface area contributed by atoms with Crippen molar-refractivity contribution < 1.29 is 13.9 Å². The summed E-state index contributed by atoms with van der Waals surface area (Å²) in [6.45, 7) is 4.92. The van der Waals surface area contributed by atoms with Gasteiger partial charge in [0.1, 0.15) is 5.82 Å². The molecule has 6 heteroatoms. The summed E-state index contributed by atoms with van der Waals surface area (Å²) in [5.41, 5.74) is 2.67. The Balaban J connectivity index is 1.79. The van der Waals surface area contributed by atoms with Crippen LogP contribution in [-0.2, 0) is 4.74 Å². The molecule has 1 aromatic carbocycles. The Bertz CT molecular complexity index is 703. The van der Waals surface area contributed by atoms with E-state index in [1.165, 1.54) is 12.1 Å². The third kappa shape index (κ3) is 3.27. The van der Waals surface area contributed by atoms with E-state index in [9.17, 15) is 9.18 Å². The number of hydrogen-bond donors (Lipinski definition) is 1. The number of carbonyl (C=O) groups excluding carboxylic acids is 1. The van der Waals surface area contributed by atoms with Gasteiger partial charge in [0.25, 0.3) is 5.91 Å². The molecule has 2 aromatic rings. The van der Waals surface area contributed by atoms with Gasteiger partial charge >= 0.3 is 0 Å². The minimum absolute atomic E-state index is 0.103. The SMILES string of the molecule is Cc1nn(-c2ccc(F)cc2)c(C)c1C(=O)NCC1CCCO1. The zero-order chi connectivity index (χ0) is 16.4. The molecule has 2 heterocycles. The predicted molar refractivity (Wildman–Crippen MR) is 84.3 cm³/mol. The summed E-state index contributed by atoms with van der Waals surface area (Å²) in [7, 11) is 0. The van der Waals surface area contributed by atoms with Gasteiger partial charge in [0, 0.05) is 13.2 Å². The molecule has 1 saturated heterocycles. The van der Waals surface area contributed by atoms with Gasteiger partial charge in [-0.15, -0.1) is 0 Å². The van der Waals surface area contributed by atoms with Crippen LogP contribution in [0.25, 0.3) is 5.69 Å². The second kappa shape index (κ2) is 6.50. The van der Waals surface area contributed by atoms with Gasteiger partial charge in [-0.1, -0.05) is 0 Å². The third-order valence-corrected chi connectivity index (χ3v) is 4.10. The van der Waals surface area contributed by atoms with Crippen molar-refractivity contribution >= 4 is 5.91 Å². The number of halogens is 1. The first-order valence-electron chi connectivity index (χ1n) is 7.78. The van der Waals surface area contributed by atoms with Gasteiger partial charge in [-0.25, -0.2) is 9.07 Å². The number of amides is 1. The van der Waals surface area contributed by atoms with E-state index < -0.39 is 0 Å². The summed E-state index contributed by atoms with van der Waals surface area (Å²) in [5.74, 6) is -0.450. The predicted octanol–water partition coefficient (Wildman–Crippen LogP) is 2.54. The van der Waals surface area contributed by atoms with E-state index in [-0.39, 0.29) is 17.8 Å². The van der Waals surface area contributed by atoms with Crippen LogP contribution in [0.5, 0.6) is 0 Å². The van der Waals surface area contributed by atoms with Gasteiger partial charge < -0.3 is 10.1 Å². The minimum atomic E-state index is -0.301. The molecule has 1 aliphatic heterocycles. The van der Waals surface area contributed by atoms with Crippen LogP contribution in [0, 0.1) is 19.7 Å². The van der Waals surface area contributed by atoms with E-state index in [4.69, 9.17) is 4.74 Å². The number of aryl methyl sites for hydroxylation is 1. The standard InChI is InChI=1S/C17H20FN3O2/c1-11-16(17(22)19-10-15-4-3-9-23-15)12(2)21(20-11)14-7-5-13(18)6-8-14/h5-8,15H,3-4,9-10H2,1-2H3,(H,19,22). The van der Waals surface area contributed by atoms with Crippen molar-refractivity contribution in [2.75, 3.05) is 13.2 Å². The molecular weight excluding hydrogens is 297 g/mol. The van der Waals surface area contributed by atoms with Gasteiger partial charge in [-0.2, -0.15) is 5.10 Å². The third-order valence-electron chi connectivity index (χ3n) is 4.10. The first-order valence-corrected chi connectivity index (χ1v) is 7.78. The zero-order valence-electron chi connectivity index (χ0n) is 13.3. The lowest BCUT2D eigenvalue weighted by Gasteiger charge is -2.11. The molecule has 0 aliphatic carbocycles. The summed E-state index contributed by atoms with van der Waals surface area (Å²) in [4.78, 5) is 12.5. The second-order valence-corrected chi connectivity index (χ2v) is 5.78. The highest BCUT2D eigenvalue weighted by atomic mass is 19.1. The lowest BCUT2D eigenvalue weighted by molar-refractivity contribution is 0.0856. The molecule has 0 spiro atoms. The maximum Gasteiger partial charge on any atom is 0.255 e. The van der Waals surface area contributed by atoms with Crippen molar-refractivity contribution in [3.8, 4) is 5.69 Å². The number of aromatic nitrogens is 2. The van der Waals surface area contributed by atoms with E-state index in [1.54, 1.807) is 23.7 Å². The normalized spacial score (nSPS) is 17.4. The van der Waals surface area contributed by atoms with E-state index in [1.807, 2.05) is 6.92 Å². The number of nitrogens with one attached hydrogen (secondary N) is 1. The molecule has 1 atom stereocenters. The first-order chi connectivity index (χ1) is 11.1. The van der Waals surface area contributed by atoms with E-state index in [0.717, 1.165) is 30.8 Å². The zero-order valence-corrected chi connectivity index (χ0v) is 13.3. The topological polar surface area (TPSA) is 56.2 Å². The Hall–Kier alpha value is -2.21. The fraction of sp³-hybridized carbons (Fsp3) is 0.412. The minimum Gasteiger partial charge on any atom is -0.376 e. The molecule has 3 rings (SSSR count). The van der Waals surface area contributed by atoms with Gasteiger partial charge in [0.05, 0.1) is 28.7 Å². The maximum absolute atomic E-state index is 13.1. The first kappa shape index (κ1) is 15.7. The summed E-state index contributed by atoms with van der Waals surface area (Å²) in [6.07, 6.45) is 2.13. The number of carbonyl (C=O) groups is 1. The molecule has 5 nitrogen and oxygen atoms in total. The molecule has 0 bridgehead atoms. The average molecular weight is 317 g/mol. The number of ether oxygens (including phenoxy) is 1. The lowest BCUT2D eigenvalue weighted by Crippen LogP contribution is -2.32. The molecule has 1 N–H and O–H groups in total. The van der Waals surface area contributed by atoms with E-state index in [0.29, 0.717) is 17.8 Å². The van der Waals surface area contributed by atoms with E-state index in [2.05, 4.69) is 10.4 Å². The summed E-state index contributed by atoms with van der Waals surface area (Å²) in [6, 6.07) is 6.04. The van der Waals surface area contributed by atoms with Crippen LogP contribution in [0.2, 0.25) is 0 Å². The Morgan fingerprint density at radius 3 is 2.78 bits per heavy atom. The fourth-order valence-electron chi connectivity index (χ4n) is 2.91. The molecule has 1 aliphatic rings. The largest absolute Gasteiger partial charge is 0.376 e. The van der Waals surface area contributed by atoms with Crippen molar-refractivity contribution in [1.29, 1.82) is 0 Å². The molecule has 1 unspecified atom stereocenters. The molecule has 1 fully saturated rings. The maximum atomic E-state index is 13.1. The van der Waals surface area contributed by atoms with Gasteiger partial charge in [0.15, 0.2) is 0 Å². The molecule has 1 amide bonds. The Kier molecular flexibility index (Phi) is 4.43. The smallest absolute Gasteiger partial charge is 0.255 e. The van der Waals surface area contributed by atoms with Crippen molar-refractivity contribution in [3.63, 3.8) is 0 Å². The highest BCUT2D eigenvalue weighted by molar-refractivity contribution is 5.96. The molecule has 0 radical (unpaired) electrons. The van der Waals surface area contributed by atoms with Crippen LogP contribution in [0.15, 0.2) is 24.3 Å². The summed E-state index contributed by atoms with van der Waals surface area (Å²) < 4.78 is 20.2. The highest BCUT2D eigenvalue weighted by Gasteiger charge is 2.21. The van der Waals surface area contributed by atoms with Crippen molar-refractivity contribution in [2.45, 2.75) is 32.8 Å². The van der Waals surface area contributed by atoms with Crippen LogP contribution in [0.1, 0.15) is 34.6 Å². The molecule has 122 valence electrons. The highest BCUT2D eigenvalue weighted by Crippen LogP contribution is 2.18. The molecule has 23 heavy (non-hydrogen) atoms. The van der Waals surface area contributed by atoms with E-state index >= 15 is 0 Å². The number of benzene rings is 1. The van der Waals surface area contributed by atoms with Crippen LogP contribution >= 0.6 is 0 Å². The second-order valence-electron chi connectivity index (χ2n) is 5.78. The monoisotopic (exact) mass is 317 g/mol. The molecular formula is C17H20FN3O2. The average Bonchev–Trinajstić information content (AvgIpc) is 3.14. The lowest BCUT2D eigenvalue weighted by atomic mass is 10.1. The van der Waals surface area contributed by atoms with Gasteiger partial charge in [0.2, 0.25) is 0 Å². The summed E-state index contributed by atoms with van der Waals surface area (Å²) >= 11 is 0. The van der Waals surface area contributed by atoms with Crippen molar-refractivity contribution in [1.82, 2.24) is 15.1 Å². The van der Waals surface area contributed by atoms with Crippen LogP contribution in [0.4, 0.5) is 4.39 Å². The number of hydrogen-bond acceptors (Lipinski definition) is 3. The van der Waals surface area contributed by atoms with Crippen molar-refractivity contribution in [2.24, 2.45) is 0 Å². The molecule has 0 saturated carbocycles. The number of nitrogens with zero attached hydrogens (tertiary/aromatic N) is 2. The van der Waals surface area contributed by atoms with Crippen LogP contribution in [-0.4, -0.2) is 34.9 Å². The Morgan fingerprint density at radius 2 is 2.13 bits per heavy atom. The Morgan fingerprint density at radius 1 is 1.39 bits per heavy atom. The van der Waals surface area contributed by atoms with Crippen LogP contribution < -0.4 is 5.32 Å². The van der Waals surface area contributed by atoms with Crippen molar-refractivity contribution in [3.05, 3.63) is 47.0 Å². The summed E-state index contributed by atoms with van der Waals surface area (Å²) in [5, 5.41) is 7.33. The fourth-order valence-corrected chi connectivity index (χ4v) is 2.91. The molecule has 1 aromatic heterocycles. The van der Waals surface area contributed by atoms with Gasteiger partial charge in [-0.05, 0) is 51.0 Å².